The number of aromatic nitrogens is 3. The summed E-state index contributed by atoms with van der Waals surface area (Å²) in [6.45, 7) is 7.34. The average molecular weight is 321 g/mol. The van der Waals surface area contributed by atoms with E-state index in [0.717, 1.165) is 23.4 Å². The van der Waals surface area contributed by atoms with Crippen LogP contribution in [-0.2, 0) is 6.54 Å². The van der Waals surface area contributed by atoms with Crippen LogP contribution in [0.25, 0.3) is 11.0 Å². The lowest BCUT2D eigenvalue weighted by Gasteiger charge is -2.15. The van der Waals surface area contributed by atoms with Crippen molar-refractivity contribution < 1.29 is 0 Å². The van der Waals surface area contributed by atoms with E-state index in [2.05, 4.69) is 58.7 Å². The molecule has 3 aromatic rings. The normalized spacial score (nSPS) is 11.5. The van der Waals surface area contributed by atoms with Gasteiger partial charge in [0, 0.05) is 5.69 Å². The summed E-state index contributed by atoms with van der Waals surface area (Å²) in [6, 6.07) is 13.0. The third-order valence-corrected chi connectivity index (χ3v) is 4.67. The van der Waals surface area contributed by atoms with Crippen molar-refractivity contribution in [2.24, 2.45) is 0 Å². The fourth-order valence-electron chi connectivity index (χ4n) is 3.50. The summed E-state index contributed by atoms with van der Waals surface area (Å²) < 4.78 is 2.19. The lowest BCUT2D eigenvalue weighted by atomic mass is 9.90. The number of nitrogens with zero attached hydrogens (tertiary/aromatic N) is 3. The van der Waals surface area contributed by atoms with Gasteiger partial charge in [0.25, 0.3) is 0 Å². The minimum atomic E-state index is 0.660. The summed E-state index contributed by atoms with van der Waals surface area (Å²) >= 11 is 0. The van der Waals surface area contributed by atoms with E-state index in [1.165, 1.54) is 36.8 Å². The zero-order chi connectivity index (χ0) is 16.9. The van der Waals surface area contributed by atoms with Crippen molar-refractivity contribution in [1.82, 2.24) is 14.5 Å². The molecule has 0 amide bonds. The van der Waals surface area contributed by atoms with Crippen molar-refractivity contribution in [3.8, 4) is 0 Å². The topological polar surface area (TPSA) is 30.7 Å². The molecule has 3 rings (SSSR count). The summed E-state index contributed by atoms with van der Waals surface area (Å²) in [5, 5.41) is 0. The monoisotopic (exact) mass is 321 g/mol. The maximum Gasteiger partial charge on any atom is 0.0962 e. The number of hydrogen-bond donors (Lipinski definition) is 0. The molecule has 3 heteroatoms. The second-order valence-corrected chi connectivity index (χ2v) is 6.67. The number of rotatable bonds is 7. The Bertz CT molecular complexity index is 798. The smallest absolute Gasteiger partial charge is 0.0962 e. The molecule has 0 aliphatic carbocycles. The van der Waals surface area contributed by atoms with Gasteiger partial charge in [-0.1, -0.05) is 38.8 Å². The van der Waals surface area contributed by atoms with Crippen LogP contribution in [0.5, 0.6) is 0 Å². The Morgan fingerprint density at radius 1 is 1.04 bits per heavy atom. The molecule has 2 aromatic heterocycles. The van der Waals surface area contributed by atoms with Gasteiger partial charge >= 0.3 is 0 Å². The lowest BCUT2D eigenvalue weighted by Crippen LogP contribution is -2.02. The van der Waals surface area contributed by atoms with Crippen LogP contribution in [0.1, 0.15) is 62.4 Å². The predicted octanol–water partition coefficient (Wildman–Crippen LogP) is 5.47. The van der Waals surface area contributed by atoms with Crippen LogP contribution in [-0.4, -0.2) is 14.5 Å². The quantitative estimate of drug-likeness (QED) is 0.577. The maximum atomic E-state index is 4.64. The zero-order valence-corrected chi connectivity index (χ0v) is 15.0. The van der Waals surface area contributed by atoms with E-state index in [9.17, 15) is 0 Å². The fourth-order valence-corrected chi connectivity index (χ4v) is 3.50. The molecule has 0 aliphatic rings. The van der Waals surface area contributed by atoms with Crippen LogP contribution in [0, 0.1) is 6.92 Å². The Morgan fingerprint density at radius 2 is 1.83 bits per heavy atom. The SMILES string of the molecule is CCCC(CCC)c1ccc2c(c1)ncn2Cc1cccc(C)n1. The van der Waals surface area contributed by atoms with Crippen molar-refractivity contribution in [3.05, 3.63) is 59.7 Å². The van der Waals surface area contributed by atoms with Gasteiger partial charge in [0.15, 0.2) is 0 Å². The first-order chi connectivity index (χ1) is 11.7. The molecule has 3 nitrogen and oxygen atoms in total. The van der Waals surface area contributed by atoms with E-state index < -0.39 is 0 Å². The highest BCUT2D eigenvalue weighted by Gasteiger charge is 2.12. The van der Waals surface area contributed by atoms with Crippen LogP contribution in [0.15, 0.2) is 42.7 Å². The van der Waals surface area contributed by atoms with Crippen molar-refractivity contribution in [2.45, 2.75) is 58.9 Å². The van der Waals surface area contributed by atoms with Crippen molar-refractivity contribution in [1.29, 1.82) is 0 Å². The molecule has 0 atom stereocenters. The molecular formula is C21H27N3. The highest BCUT2D eigenvalue weighted by Crippen LogP contribution is 2.28. The molecule has 0 unspecified atom stereocenters. The third-order valence-electron chi connectivity index (χ3n) is 4.67. The number of fused-ring (bicyclic) bond motifs is 1. The molecule has 0 N–H and O–H groups in total. The summed E-state index contributed by atoms with van der Waals surface area (Å²) in [5.74, 6) is 0.660. The van der Waals surface area contributed by atoms with E-state index in [1.807, 2.05) is 19.3 Å². The molecule has 2 heterocycles. The van der Waals surface area contributed by atoms with Gasteiger partial charge in [-0.2, -0.15) is 0 Å². The molecule has 0 saturated carbocycles. The molecule has 0 fully saturated rings. The van der Waals surface area contributed by atoms with Gasteiger partial charge < -0.3 is 4.57 Å². The van der Waals surface area contributed by atoms with E-state index >= 15 is 0 Å². The first-order valence-corrected chi connectivity index (χ1v) is 9.08. The fraction of sp³-hybridized carbons (Fsp3) is 0.429. The lowest BCUT2D eigenvalue weighted by molar-refractivity contribution is 0.561. The number of imidazole rings is 1. The molecule has 0 radical (unpaired) electrons. The molecule has 0 bridgehead atoms. The molecule has 1 aromatic carbocycles. The molecule has 0 aliphatic heterocycles. The zero-order valence-electron chi connectivity index (χ0n) is 15.0. The standard InChI is InChI=1S/C21H27N3/c1-4-7-17(8-5-2)18-11-12-21-20(13-18)22-15-24(21)14-19-10-6-9-16(3)23-19/h6,9-13,15,17H,4-5,7-8,14H2,1-3H3. The number of hydrogen-bond acceptors (Lipinski definition) is 2. The maximum absolute atomic E-state index is 4.64. The molecular weight excluding hydrogens is 294 g/mol. The van der Waals surface area contributed by atoms with Gasteiger partial charge in [-0.25, -0.2) is 4.98 Å². The second-order valence-electron chi connectivity index (χ2n) is 6.67. The van der Waals surface area contributed by atoms with Gasteiger partial charge in [-0.05, 0) is 55.5 Å². The summed E-state index contributed by atoms with van der Waals surface area (Å²) in [7, 11) is 0. The minimum absolute atomic E-state index is 0.660. The van der Waals surface area contributed by atoms with Gasteiger partial charge in [0.05, 0.1) is 29.6 Å². The van der Waals surface area contributed by atoms with Crippen LogP contribution < -0.4 is 0 Å². The predicted molar refractivity (Wildman–Crippen MR) is 100 cm³/mol. The van der Waals surface area contributed by atoms with Gasteiger partial charge in [-0.3, -0.25) is 4.98 Å². The molecule has 0 spiro atoms. The third kappa shape index (κ3) is 3.66. The number of aryl methyl sites for hydroxylation is 1. The summed E-state index contributed by atoms with van der Waals surface area (Å²) in [6.07, 6.45) is 6.92. The Balaban J connectivity index is 1.87. The van der Waals surface area contributed by atoms with Crippen LogP contribution >= 0.6 is 0 Å². The van der Waals surface area contributed by atoms with E-state index in [4.69, 9.17) is 0 Å². The van der Waals surface area contributed by atoms with Crippen LogP contribution in [0.2, 0.25) is 0 Å². The number of benzene rings is 1. The van der Waals surface area contributed by atoms with E-state index in [1.54, 1.807) is 0 Å². The largest absolute Gasteiger partial charge is 0.324 e. The molecule has 126 valence electrons. The Kier molecular flexibility index (Phi) is 5.29. The Morgan fingerprint density at radius 3 is 2.54 bits per heavy atom. The van der Waals surface area contributed by atoms with Crippen molar-refractivity contribution in [2.75, 3.05) is 0 Å². The van der Waals surface area contributed by atoms with E-state index in [0.29, 0.717) is 5.92 Å². The average Bonchev–Trinajstić information content (AvgIpc) is 2.97. The van der Waals surface area contributed by atoms with Crippen molar-refractivity contribution in [3.63, 3.8) is 0 Å². The highest BCUT2D eigenvalue weighted by atomic mass is 15.0. The van der Waals surface area contributed by atoms with Crippen LogP contribution in [0.3, 0.4) is 0 Å². The molecule has 24 heavy (non-hydrogen) atoms. The van der Waals surface area contributed by atoms with Crippen LogP contribution in [0.4, 0.5) is 0 Å². The Hall–Kier alpha value is -2.16. The number of pyridine rings is 1. The summed E-state index contributed by atoms with van der Waals surface area (Å²) in [4.78, 5) is 9.24. The minimum Gasteiger partial charge on any atom is -0.324 e. The Labute approximate surface area is 144 Å². The first kappa shape index (κ1) is 16.7. The second kappa shape index (κ2) is 7.61. The molecule has 0 saturated heterocycles. The van der Waals surface area contributed by atoms with Gasteiger partial charge in [-0.15, -0.1) is 0 Å². The van der Waals surface area contributed by atoms with Crippen molar-refractivity contribution >= 4 is 11.0 Å². The first-order valence-electron chi connectivity index (χ1n) is 9.08. The van der Waals surface area contributed by atoms with Gasteiger partial charge in [0.2, 0.25) is 0 Å². The van der Waals surface area contributed by atoms with E-state index in [-0.39, 0.29) is 0 Å². The summed E-state index contributed by atoms with van der Waals surface area (Å²) in [5.41, 5.74) is 5.85. The van der Waals surface area contributed by atoms with Gasteiger partial charge in [0.1, 0.15) is 0 Å². The highest BCUT2D eigenvalue weighted by molar-refractivity contribution is 5.76.